The highest BCUT2D eigenvalue weighted by Crippen LogP contribution is 2.54. The number of nitro benzene ring substituents is 1. The molecule has 0 aliphatic heterocycles. The molecule has 0 heterocycles. The van der Waals surface area contributed by atoms with Gasteiger partial charge in [0.1, 0.15) is 6.29 Å². The van der Waals surface area contributed by atoms with Crippen LogP contribution in [0.15, 0.2) is 54.6 Å². The Morgan fingerprint density at radius 2 is 1.68 bits per heavy atom. The molecule has 5 nitrogen and oxygen atoms in total. The van der Waals surface area contributed by atoms with E-state index in [2.05, 4.69) is 0 Å². The van der Waals surface area contributed by atoms with Crippen LogP contribution >= 0.6 is 0 Å². The number of carbonyl (C=O) groups is 2. The molecule has 0 unspecified atom stereocenters. The van der Waals surface area contributed by atoms with E-state index in [9.17, 15) is 19.7 Å². The van der Waals surface area contributed by atoms with Crippen molar-refractivity contribution in [3.63, 3.8) is 0 Å². The number of hydrogen-bond donors (Lipinski definition) is 0. The topological polar surface area (TPSA) is 77.3 Å². The average molecular weight is 295 g/mol. The van der Waals surface area contributed by atoms with Crippen molar-refractivity contribution in [3.8, 4) is 0 Å². The zero-order valence-electron chi connectivity index (χ0n) is 11.6. The second-order valence-corrected chi connectivity index (χ2v) is 5.34. The van der Waals surface area contributed by atoms with Gasteiger partial charge >= 0.3 is 0 Å². The lowest BCUT2D eigenvalue weighted by Gasteiger charge is -2.01. The molecule has 0 N–H and O–H groups in total. The number of nitro groups is 1. The normalized spacial score (nSPS) is 22.8. The van der Waals surface area contributed by atoms with Crippen LogP contribution in [0, 0.1) is 22.0 Å². The highest BCUT2D eigenvalue weighted by atomic mass is 16.6. The highest BCUT2D eigenvalue weighted by molar-refractivity contribution is 6.03. The van der Waals surface area contributed by atoms with Crippen LogP contribution in [0.2, 0.25) is 0 Å². The standard InChI is InChI=1S/C17H13NO4/c19-10-14-15(11-6-8-13(9-7-11)18(21)22)16(14)17(20)12-4-2-1-3-5-12/h1-10,14-16H/t14-,15+,16+/m0/s1. The molecule has 0 spiro atoms. The molecule has 22 heavy (non-hydrogen) atoms. The number of carbonyl (C=O) groups excluding carboxylic acids is 2. The summed E-state index contributed by atoms with van der Waals surface area (Å²) in [5.74, 6) is -0.970. The smallest absolute Gasteiger partial charge is 0.269 e. The first-order chi connectivity index (χ1) is 10.6. The second-order valence-electron chi connectivity index (χ2n) is 5.34. The van der Waals surface area contributed by atoms with E-state index >= 15 is 0 Å². The Labute approximate surface area is 126 Å². The Bertz CT molecular complexity index is 724. The zero-order valence-corrected chi connectivity index (χ0v) is 11.6. The van der Waals surface area contributed by atoms with Gasteiger partial charge in [0, 0.05) is 35.4 Å². The number of benzene rings is 2. The Hall–Kier alpha value is -2.82. The van der Waals surface area contributed by atoms with Gasteiger partial charge < -0.3 is 4.79 Å². The molecule has 5 heteroatoms. The predicted octanol–water partition coefficient (Wildman–Crippen LogP) is 3.01. The molecule has 1 aliphatic carbocycles. The molecule has 3 rings (SSSR count). The van der Waals surface area contributed by atoms with Crippen molar-refractivity contribution in [2.24, 2.45) is 11.8 Å². The molecule has 1 saturated carbocycles. The van der Waals surface area contributed by atoms with Gasteiger partial charge in [-0.2, -0.15) is 0 Å². The molecule has 0 bridgehead atoms. The average Bonchev–Trinajstić information content (AvgIpc) is 3.29. The van der Waals surface area contributed by atoms with Crippen LogP contribution in [-0.2, 0) is 4.79 Å². The number of rotatable bonds is 5. The number of nitrogens with zero attached hydrogens (tertiary/aromatic N) is 1. The van der Waals surface area contributed by atoms with Crippen LogP contribution in [0.3, 0.4) is 0 Å². The summed E-state index contributed by atoms with van der Waals surface area (Å²) >= 11 is 0. The maximum Gasteiger partial charge on any atom is 0.269 e. The zero-order chi connectivity index (χ0) is 15.7. The van der Waals surface area contributed by atoms with Gasteiger partial charge in [0.2, 0.25) is 0 Å². The Balaban J connectivity index is 1.84. The SMILES string of the molecule is O=C[C@@H]1[C@@H](C(=O)c2ccccc2)[C@@H]1c1ccc([N+](=O)[O-])cc1. The summed E-state index contributed by atoms with van der Waals surface area (Å²) in [5.41, 5.74) is 1.37. The van der Waals surface area contributed by atoms with Crippen molar-refractivity contribution in [1.82, 2.24) is 0 Å². The molecule has 0 amide bonds. The number of hydrogen-bond acceptors (Lipinski definition) is 4. The maximum absolute atomic E-state index is 12.5. The van der Waals surface area contributed by atoms with E-state index in [0.29, 0.717) is 5.56 Å². The van der Waals surface area contributed by atoms with Gasteiger partial charge in [-0.05, 0) is 5.56 Å². The quantitative estimate of drug-likeness (QED) is 0.367. The fourth-order valence-electron chi connectivity index (χ4n) is 2.88. The fourth-order valence-corrected chi connectivity index (χ4v) is 2.88. The lowest BCUT2D eigenvalue weighted by atomic mass is 10.0. The molecule has 3 atom stereocenters. The predicted molar refractivity (Wildman–Crippen MR) is 79.7 cm³/mol. The number of non-ortho nitro benzene ring substituents is 1. The third-order valence-corrected chi connectivity index (χ3v) is 4.08. The van der Waals surface area contributed by atoms with E-state index in [0.717, 1.165) is 11.8 Å². The summed E-state index contributed by atoms with van der Waals surface area (Å²) < 4.78 is 0. The van der Waals surface area contributed by atoms with Crippen molar-refractivity contribution in [1.29, 1.82) is 0 Å². The lowest BCUT2D eigenvalue weighted by Crippen LogP contribution is -2.04. The molecular weight excluding hydrogens is 282 g/mol. The van der Waals surface area contributed by atoms with Crippen molar-refractivity contribution in [2.45, 2.75) is 5.92 Å². The summed E-state index contributed by atoms with van der Waals surface area (Å²) in [6.45, 7) is 0. The van der Waals surface area contributed by atoms with Crippen LogP contribution in [0.4, 0.5) is 5.69 Å². The summed E-state index contributed by atoms with van der Waals surface area (Å²) in [6, 6.07) is 14.9. The third kappa shape index (κ3) is 2.41. The van der Waals surface area contributed by atoms with Crippen molar-refractivity contribution >= 4 is 17.8 Å². The third-order valence-electron chi connectivity index (χ3n) is 4.08. The molecule has 0 aromatic heterocycles. The van der Waals surface area contributed by atoms with Crippen LogP contribution in [0.1, 0.15) is 21.8 Å². The number of Topliss-reactive ketones (excluding diaryl/α,β-unsaturated/α-hetero) is 1. The molecule has 0 saturated heterocycles. The van der Waals surface area contributed by atoms with E-state index in [1.165, 1.54) is 12.1 Å². The van der Waals surface area contributed by atoms with Gasteiger partial charge in [-0.15, -0.1) is 0 Å². The van der Waals surface area contributed by atoms with Gasteiger partial charge in [0.15, 0.2) is 5.78 Å². The molecule has 0 radical (unpaired) electrons. The molecule has 2 aromatic rings. The van der Waals surface area contributed by atoms with Gasteiger partial charge in [-0.25, -0.2) is 0 Å². The van der Waals surface area contributed by atoms with Crippen molar-refractivity contribution in [3.05, 3.63) is 75.8 Å². The number of ketones is 1. The van der Waals surface area contributed by atoms with E-state index in [1.54, 1.807) is 36.4 Å². The molecule has 1 aliphatic rings. The van der Waals surface area contributed by atoms with Crippen molar-refractivity contribution in [2.75, 3.05) is 0 Å². The van der Waals surface area contributed by atoms with E-state index < -0.39 is 4.92 Å². The van der Waals surface area contributed by atoms with E-state index in [-0.39, 0.29) is 29.2 Å². The maximum atomic E-state index is 12.5. The largest absolute Gasteiger partial charge is 0.303 e. The molecular formula is C17H13NO4. The first-order valence-corrected chi connectivity index (χ1v) is 6.92. The number of aldehydes is 1. The highest BCUT2D eigenvalue weighted by Gasteiger charge is 2.55. The minimum Gasteiger partial charge on any atom is -0.303 e. The Morgan fingerprint density at radius 3 is 2.23 bits per heavy atom. The first-order valence-electron chi connectivity index (χ1n) is 6.92. The molecule has 1 fully saturated rings. The molecule has 110 valence electrons. The van der Waals surface area contributed by atoms with E-state index in [4.69, 9.17) is 0 Å². The van der Waals surface area contributed by atoms with Gasteiger partial charge in [0.25, 0.3) is 5.69 Å². The minimum absolute atomic E-state index is 0.00186. The van der Waals surface area contributed by atoms with Crippen LogP contribution < -0.4 is 0 Å². The lowest BCUT2D eigenvalue weighted by molar-refractivity contribution is -0.384. The Morgan fingerprint density at radius 1 is 1.05 bits per heavy atom. The summed E-state index contributed by atoms with van der Waals surface area (Å²) in [5, 5.41) is 10.7. The van der Waals surface area contributed by atoms with Crippen LogP contribution in [0.25, 0.3) is 0 Å². The van der Waals surface area contributed by atoms with Crippen LogP contribution in [0.5, 0.6) is 0 Å². The molecule has 2 aromatic carbocycles. The second kappa shape index (κ2) is 5.52. The summed E-state index contributed by atoms with van der Waals surface area (Å²) in [7, 11) is 0. The van der Waals surface area contributed by atoms with Crippen LogP contribution in [-0.4, -0.2) is 17.0 Å². The minimum atomic E-state index is -0.472. The van der Waals surface area contributed by atoms with Crippen molar-refractivity contribution < 1.29 is 14.5 Å². The Kier molecular flexibility index (Phi) is 3.55. The van der Waals surface area contributed by atoms with Gasteiger partial charge in [-0.1, -0.05) is 42.5 Å². The van der Waals surface area contributed by atoms with E-state index in [1.807, 2.05) is 6.07 Å². The van der Waals surface area contributed by atoms with Gasteiger partial charge in [-0.3, -0.25) is 14.9 Å². The summed E-state index contributed by atoms with van der Waals surface area (Å²) in [4.78, 5) is 33.9. The summed E-state index contributed by atoms with van der Waals surface area (Å²) in [6.07, 6.45) is 0.803. The van der Waals surface area contributed by atoms with Gasteiger partial charge in [0.05, 0.1) is 4.92 Å². The first kappa shape index (κ1) is 14.1. The monoisotopic (exact) mass is 295 g/mol. The fraction of sp³-hybridized carbons (Fsp3) is 0.176.